The Bertz CT molecular complexity index is 997. The Kier molecular flexibility index (Phi) is 2.03. The molecule has 2 aromatic carbocycles. The lowest BCUT2D eigenvalue weighted by Crippen LogP contribution is -2.03. The number of aromatic nitrogens is 2. The van der Waals surface area contributed by atoms with Gasteiger partial charge in [0.15, 0.2) is 0 Å². The Morgan fingerprint density at radius 2 is 1.63 bits per heavy atom. The van der Waals surface area contributed by atoms with Crippen LogP contribution in [0.4, 0.5) is 0 Å². The molecule has 2 heterocycles. The second-order valence-electron chi connectivity index (χ2n) is 4.56. The highest BCUT2D eigenvalue weighted by Gasteiger charge is 2.10. The average molecular weight is 269 g/mol. The highest BCUT2D eigenvalue weighted by molar-refractivity contribution is 6.31. The lowest BCUT2D eigenvalue weighted by molar-refractivity contribution is 1.46. The molecule has 0 aliphatic heterocycles. The Morgan fingerprint density at radius 3 is 2.53 bits per heavy atom. The normalized spacial score (nSPS) is 11.6. The molecular weight excluding hydrogens is 260 g/mol. The van der Waals surface area contributed by atoms with Crippen LogP contribution in [-0.2, 0) is 0 Å². The second-order valence-corrected chi connectivity index (χ2v) is 5.00. The van der Waals surface area contributed by atoms with Crippen LogP contribution in [-0.4, -0.2) is 9.97 Å². The molecule has 0 aliphatic carbocycles. The molecule has 4 heteroatoms. The first kappa shape index (κ1) is 10.6. The number of para-hydroxylation sites is 1. The van der Waals surface area contributed by atoms with Gasteiger partial charge in [-0.3, -0.25) is 4.79 Å². The minimum Gasteiger partial charge on any atom is -0.353 e. The molecule has 0 unspecified atom stereocenters. The van der Waals surface area contributed by atoms with Crippen LogP contribution in [0.2, 0.25) is 5.02 Å². The number of hydrogen-bond acceptors (Lipinski definition) is 1. The van der Waals surface area contributed by atoms with E-state index in [9.17, 15) is 4.79 Å². The third kappa shape index (κ3) is 1.42. The smallest absolute Gasteiger partial charge is 0.213 e. The third-order valence-electron chi connectivity index (χ3n) is 3.42. The summed E-state index contributed by atoms with van der Waals surface area (Å²) < 4.78 is 0. The van der Waals surface area contributed by atoms with Crippen LogP contribution >= 0.6 is 11.6 Å². The predicted molar refractivity (Wildman–Crippen MR) is 78.9 cm³/mol. The van der Waals surface area contributed by atoms with Crippen LogP contribution < -0.4 is 5.43 Å². The summed E-state index contributed by atoms with van der Waals surface area (Å²) in [4.78, 5) is 18.9. The minimum absolute atomic E-state index is 0.0108. The first-order valence-corrected chi connectivity index (χ1v) is 6.34. The van der Waals surface area contributed by atoms with E-state index in [0.717, 1.165) is 21.9 Å². The molecule has 0 fully saturated rings. The lowest BCUT2D eigenvalue weighted by Gasteiger charge is -1.98. The van der Waals surface area contributed by atoms with E-state index in [0.29, 0.717) is 15.9 Å². The SMILES string of the molecule is O=c1c2ccccc2[nH]c2c1[nH]c1cc(Cl)ccc12. The van der Waals surface area contributed by atoms with Gasteiger partial charge in [0.2, 0.25) is 5.43 Å². The van der Waals surface area contributed by atoms with Crippen molar-refractivity contribution in [3.8, 4) is 0 Å². The first-order chi connectivity index (χ1) is 9.24. The summed E-state index contributed by atoms with van der Waals surface area (Å²) in [5, 5.41) is 2.31. The summed E-state index contributed by atoms with van der Waals surface area (Å²) in [6, 6.07) is 13.1. The van der Waals surface area contributed by atoms with E-state index < -0.39 is 0 Å². The van der Waals surface area contributed by atoms with Gasteiger partial charge in [0.25, 0.3) is 0 Å². The van der Waals surface area contributed by atoms with Crippen molar-refractivity contribution in [2.24, 2.45) is 0 Å². The molecular formula is C15H9ClN2O. The number of halogens is 1. The van der Waals surface area contributed by atoms with Gasteiger partial charge in [0.1, 0.15) is 5.52 Å². The largest absolute Gasteiger partial charge is 0.353 e. The van der Waals surface area contributed by atoms with E-state index in [2.05, 4.69) is 9.97 Å². The number of hydrogen-bond donors (Lipinski definition) is 2. The fourth-order valence-electron chi connectivity index (χ4n) is 2.53. The maximum Gasteiger partial charge on any atom is 0.213 e. The van der Waals surface area contributed by atoms with E-state index in [1.54, 1.807) is 0 Å². The Morgan fingerprint density at radius 1 is 0.842 bits per heavy atom. The molecule has 0 saturated heterocycles. The molecule has 0 aliphatic rings. The molecule has 2 aromatic heterocycles. The summed E-state index contributed by atoms with van der Waals surface area (Å²) in [6.45, 7) is 0. The van der Waals surface area contributed by atoms with Gasteiger partial charge in [-0.15, -0.1) is 0 Å². The standard InChI is InChI=1S/C15H9ClN2O/c16-8-5-6-9-12(7-8)18-14-13(9)17-11-4-2-1-3-10(11)15(14)19/h1-7,18H,(H,17,19). The number of aromatic amines is 2. The zero-order valence-electron chi connectivity index (χ0n) is 9.83. The summed E-state index contributed by atoms with van der Waals surface area (Å²) in [5.41, 5.74) is 3.14. The summed E-state index contributed by atoms with van der Waals surface area (Å²) in [6.07, 6.45) is 0. The molecule has 4 aromatic rings. The van der Waals surface area contributed by atoms with Gasteiger partial charge in [-0.2, -0.15) is 0 Å². The molecule has 0 spiro atoms. The highest BCUT2D eigenvalue weighted by atomic mass is 35.5. The molecule has 19 heavy (non-hydrogen) atoms. The van der Waals surface area contributed by atoms with Crippen LogP contribution in [0, 0.1) is 0 Å². The molecule has 2 N–H and O–H groups in total. The van der Waals surface area contributed by atoms with E-state index in [-0.39, 0.29) is 5.43 Å². The van der Waals surface area contributed by atoms with Gasteiger partial charge in [-0.25, -0.2) is 0 Å². The van der Waals surface area contributed by atoms with Crippen molar-refractivity contribution in [1.82, 2.24) is 9.97 Å². The minimum atomic E-state index is 0.0108. The fourth-order valence-corrected chi connectivity index (χ4v) is 2.70. The first-order valence-electron chi connectivity index (χ1n) is 5.96. The van der Waals surface area contributed by atoms with Gasteiger partial charge >= 0.3 is 0 Å². The Labute approximate surface area is 112 Å². The molecule has 0 bridgehead atoms. The van der Waals surface area contributed by atoms with Crippen LogP contribution in [0.15, 0.2) is 47.3 Å². The predicted octanol–water partition coefficient (Wildman–Crippen LogP) is 3.82. The van der Waals surface area contributed by atoms with Gasteiger partial charge in [0.05, 0.1) is 5.52 Å². The number of rotatable bonds is 0. The summed E-state index contributed by atoms with van der Waals surface area (Å²) in [7, 11) is 0. The molecule has 0 saturated carbocycles. The zero-order chi connectivity index (χ0) is 13.0. The van der Waals surface area contributed by atoms with Crippen LogP contribution in [0.1, 0.15) is 0 Å². The van der Waals surface area contributed by atoms with E-state index in [1.807, 2.05) is 42.5 Å². The van der Waals surface area contributed by atoms with Gasteiger partial charge in [-0.1, -0.05) is 23.7 Å². The monoisotopic (exact) mass is 268 g/mol. The molecule has 92 valence electrons. The van der Waals surface area contributed by atoms with Crippen molar-refractivity contribution < 1.29 is 0 Å². The van der Waals surface area contributed by atoms with Gasteiger partial charge in [-0.05, 0) is 30.3 Å². The number of pyridine rings is 1. The molecule has 0 amide bonds. The Balaban J connectivity index is 2.32. The lowest BCUT2D eigenvalue weighted by atomic mass is 10.1. The van der Waals surface area contributed by atoms with E-state index in [4.69, 9.17) is 11.6 Å². The molecule has 4 rings (SSSR count). The van der Waals surface area contributed by atoms with Crippen molar-refractivity contribution >= 4 is 44.4 Å². The summed E-state index contributed by atoms with van der Waals surface area (Å²) >= 11 is 5.98. The Hall–Kier alpha value is -2.26. The maximum absolute atomic E-state index is 12.5. The quantitative estimate of drug-likeness (QED) is 0.500. The average Bonchev–Trinajstić information content (AvgIpc) is 2.77. The van der Waals surface area contributed by atoms with Gasteiger partial charge in [0, 0.05) is 26.8 Å². The topological polar surface area (TPSA) is 48.6 Å². The molecule has 3 nitrogen and oxygen atoms in total. The van der Waals surface area contributed by atoms with E-state index >= 15 is 0 Å². The van der Waals surface area contributed by atoms with Crippen molar-refractivity contribution in [2.45, 2.75) is 0 Å². The zero-order valence-corrected chi connectivity index (χ0v) is 10.6. The number of fused-ring (bicyclic) bond motifs is 4. The summed E-state index contributed by atoms with van der Waals surface area (Å²) in [5.74, 6) is 0. The second kappa shape index (κ2) is 3.62. The van der Waals surface area contributed by atoms with Crippen LogP contribution in [0.5, 0.6) is 0 Å². The van der Waals surface area contributed by atoms with Crippen molar-refractivity contribution in [3.05, 3.63) is 57.7 Å². The van der Waals surface area contributed by atoms with E-state index in [1.165, 1.54) is 0 Å². The van der Waals surface area contributed by atoms with Crippen molar-refractivity contribution in [1.29, 1.82) is 0 Å². The van der Waals surface area contributed by atoms with Crippen molar-refractivity contribution in [2.75, 3.05) is 0 Å². The third-order valence-corrected chi connectivity index (χ3v) is 3.65. The van der Waals surface area contributed by atoms with Gasteiger partial charge < -0.3 is 9.97 Å². The maximum atomic E-state index is 12.5. The number of H-pyrrole nitrogens is 2. The fraction of sp³-hybridized carbons (Fsp3) is 0. The molecule has 0 atom stereocenters. The van der Waals surface area contributed by atoms with Crippen LogP contribution in [0.25, 0.3) is 32.8 Å². The number of nitrogens with one attached hydrogen (secondary N) is 2. The van der Waals surface area contributed by atoms with Crippen molar-refractivity contribution in [3.63, 3.8) is 0 Å². The highest BCUT2D eigenvalue weighted by Crippen LogP contribution is 2.26. The number of benzene rings is 2. The van der Waals surface area contributed by atoms with Crippen LogP contribution in [0.3, 0.4) is 0 Å². The molecule has 0 radical (unpaired) electrons.